The third-order valence-electron chi connectivity index (χ3n) is 2.63. The summed E-state index contributed by atoms with van der Waals surface area (Å²) in [5.74, 6) is 0. The summed E-state index contributed by atoms with van der Waals surface area (Å²) < 4.78 is 23.9. The Balaban J connectivity index is 2.14. The average Bonchev–Trinajstić information content (AvgIpc) is 2.13. The van der Waals surface area contributed by atoms with E-state index in [1.165, 1.54) is 0 Å². The lowest BCUT2D eigenvalue weighted by Gasteiger charge is -2.28. The van der Waals surface area contributed by atoms with Crippen LogP contribution in [0.2, 0.25) is 0 Å². The fraction of sp³-hybridized carbons (Fsp3) is 1.00. The molecule has 0 aliphatic heterocycles. The molecule has 0 spiro atoms. The van der Waals surface area contributed by atoms with Crippen LogP contribution in [0.5, 0.6) is 0 Å². The molecule has 0 unspecified atom stereocenters. The van der Waals surface area contributed by atoms with Crippen LogP contribution < -0.4 is 10.0 Å². The van der Waals surface area contributed by atoms with Crippen LogP contribution >= 0.6 is 0 Å². The number of hydrogen-bond acceptors (Lipinski definition) is 4. The van der Waals surface area contributed by atoms with Gasteiger partial charge < -0.3 is 10.4 Å². The minimum Gasteiger partial charge on any atom is -0.392 e. The lowest BCUT2D eigenvalue weighted by molar-refractivity contribution is 0.0915. The minimum absolute atomic E-state index is 0.125. The molecule has 0 amide bonds. The number of sulfonamides is 1. The Hall–Kier alpha value is -0.170. The second-order valence-electron chi connectivity index (χ2n) is 4.08. The van der Waals surface area contributed by atoms with E-state index in [4.69, 9.17) is 0 Å². The van der Waals surface area contributed by atoms with Crippen molar-refractivity contribution in [2.45, 2.75) is 37.8 Å². The summed E-state index contributed by atoms with van der Waals surface area (Å²) in [6.07, 6.45) is 4.89. The van der Waals surface area contributed by atoms with Crippen LogP contribution in [0.3, 0.4) is 0 Å². The van der Waals surface area contributed by atoms with E-state index in [9.17, 15) is 13.5 Å². The molecule has 0 saturated heterocycles. The van der Waals surface area contributed by atoms with Crippen LogP contribution in [-0.4, -0.2) is 45.0 Å². The van der Waals surface area contributed by atoms with Crippen LogP contribution in [0, 0.1) is 0 Å². The minimum atomic E-state index is -3.09. The molecule has 1 aliphatic rings. The molecular weight excluding hydrogens is 216 g/mol. The predicted octanol–water partition coefficient (Wildman–Crippen LogP) is -0.571. The normalized spacial score (nSPS) is 27.9. The van der Waals surface area contributed by atoms with Gasteiger partial charge in [-0.25, -0.2) is 13.1 Å². The molecule has 2 atom stereocenters. The number of rotatable bonds is 5. The molecule has 0 heterocycles. The first-order valence-electron chi connectivity index (χ1n) is 5.35. The molecule has 0 aromatic carbocycles. The van der Waals surface area contributed by atoms with Gasteiger partial charge in [0.2, 0.25) is 10.0 Å². The summed E-state index contributed by atoms with van der Waals surface area (Å²) in [4.78, 5) is 0. The van der Waals surface area contributed by atoms with Gasteiger partial charge in [-0.1, -0.05) is 12.8 Å². The fourth-order valence-electron chi connectivity index (χ4n) is 1.84. The molecule has 0 aromatic heterocycles. The van der Waals surface area contributed by atoms with E-state index in [0.29, 0.717) is 13.1 Å². The van der Waals surface area contributed by atoms with E-state index in [2.05, 4.69) is 10.0 Å². The first-order valence-corrected chi connectivity index (χ1v) is 7.24. The standard InChI is InChI=1S/C9H20N2O3S/c1-15(13,14)11-7-6-10-8-4-2-3-5-9(8)12/h8-12H,2-7H2,1H3/t8-,9-/m1/s1. The Bertz CT molecular complexity index is 279. The highest BCUT2D eigenvalue weighted by Crippen LogP contribution is 2.17. The predicted molar refractivity (Wildman–Crippen MR) is 59.1 cm³/mol. The maximum absolute atomic E-state index is 10.8. The van der Waals surface area contributed by atoms with Crippen LogP contribution in [-0.2, 0) is 10.0 Å². The quantitative estimate of drug-likeness (QED) is 0.559. The fourth-order valence-corrected chi connectivity index (χ4v) is 2.32. The molecule has 6 heteroatoms. The maximum Gasteiger partial charge on any atom is 0.208 e. The summed E-state index contributed by atoms with van der Waals surface area (Å²) in [6.45, 7) is 0.941. The molecule has 0 bridgehead atoms. The SMILES string of the molecule is CS(=O)(=O)NCCN[C@@H]1CCCC[C@H]1O. The van der Waals surface area contributed by atoms with E-state index in [1.54, 1.807) is 0 Å². The van der Waals surface area contributed by atoms with Gasteiger partial charge in [0.25, 0.3) is 0 Å². The summed E-state index contributed by atoms with van der Waals surface area (Å²) in [5.41, 5.74) is 0. The topological polar surface area (TPSA) is 78.4 Å². The zero-order valence-corrected chi connectivity index (χ0v) is 9.89. The molecule has 0 radical (unpaired) electrons. The third kappa shape index (κ3) is 5.46. The number of nitrogens with one attached hydrogen (secondary N) is 2. The third-order valence-corrected chi connectivity index (χ3v) is 3.35. The van der Waals surface area contributed by atoms with Crippen molar-refractivity contribution in [3.8, 4) is 0 Å². The van der Waals surface area contributed by atoms with Gasteiger partial charge in [-0.15, -0.1) is 0 Å². The van der Waals surface area contributed by atoms with Crippen molar-refractivity contribution in [3.63, 3.8) is 0 Å². The first-order chi connectivity index (χ1) is 6.99. The van der Waals surface area contributed by atoms with Gasteiger partial charge in [0.1, 0.15) is 0 Å². The molecular formula is C9H20N2O3S. The van der Waals surface area contributed by atoms with Gasteiger partial charge in [0.05, 0.1) is 12.4 Å². The Morgan fingerprint density at radius 2 is 1.93 bits per heavy atom. The second kappa shape index (κ2) is 5.79. The van der Waals surface area contributed by atoms with Crippen molar-refractivity contribution in [2.75, 3.05) is 19.3 Å². The number of aliphatic hydroxyl groups excluding tert-OH is 1. The molecule has 5 nitrogen and oxygen atoms in total. The second-order valence-corrected chi connectivity index (χ2v) is 5.91. The molecule has 3 N–H and O–H groups in total. The largest absolute Gasteiger partial charge is 0.392 e. The van der Waals surface area contributed by atoms with E-state index in [1.807, 2.05) is 0 Å². The number of aliphatic hydroxyl groups is 1. The highest BCUT2D eigenvalue weighted by Gasteiger charge is 2.21. The van der Waals surface area contributed by atoms with Gasteiger partial charge in [0.15, 0.2) is 0 Å². The average molecular weight is 236 g/mol. The van der Waals surface area contributed by atoms with Crippen LogP contribution in [0.4, 0.5) is 0 Å². The highest BCUT2D eigenvalue weighted by molar-refractivity contribution is 7.88. The Labute approximate surface area is 91.3 Å². The van der Waals surface area contributed by atoms with E-state index in [0.717, 1.165) is 31.9 Å². The van der Waals surface area contributed by atoms with Crippen molar-refractivity contribution in [1.82, 2.24) is 10.0 Å². The molecule has 90 valence electrons. The van der Waals surface area contributed by atoms with Crippen molar-refractivity contribution >= 4 is 10.0 Å². The van der Waals surface area contributed by atoms with Gasteiger partial charge in [0, 0.05) is 19.1 Å². The maximum atomic E-state index is 10.8. The zero-order valence-electron chi connectivity index (χ0n) is 9.07. The smallest absolute Gasteiger partial charge is 0.208 e. The van der Waals surface area contributed by atoms with Crippen LogP contribution in [0.15, 0.2) is 0 Å². The van der Waals surface area contributed by atoms with E-state index < -0.39 is 10.0 Å². The molecule has 1 rings (SSSR count). The Kier molecular flexibility index (Phi) is 4.98. The molecule has 1 saturated carbocycles. The molecule has 15 heavy (non-hydrogen) atoms. The van der Waals surface area contributed by atoms with E-state index >= 15 is 0 Å². The van der Waals surface area contributed by atoms with Crippen molar-refractivity contribution in [3.05, 3.63) is 0 Å². The summed E-state index contributed by atoms with van der Waals surface area (Å²) >= 11 is 0. The van der Waals surface area contributed by atoms with Gasteiger partial charge in [-0.3, -0.25) is 0 Å². The van der Waals surface area contributed by atoms with Gasteiger partial charge >= 0.3 is 0 Å². The van der Waals surface area contributed by atoms with E-state index in [-0.39, 0.29) is 12.1 Å². The monoisotopic (exact) mass is 236 g/mol. The van der Waals surface area contributed by atoms with Crippen LogP contribution in [0.1, 0.15) is 25.7 Å². The zero-order chi connectivity index (χ0) is 11.3. The molecule has 1 fully saturated rings. The molecule has 0 aromatic rings. The Morgan fingerprint density at radius 1 is 1.27 bits per heavy atom. The number of hydrogen-bond donors (Lipinski definition) is 3. The van der Waals surface area contributed by atoms with Gasteiger partial charge in [-0.05, 0) is 12.8 Å². The van der Waals surface area contributed by atoms with Crippen molar-refractivity contribution < 1.29 is 13.5 Å². The molecule has 1 aliphatic carbocycles. The van der Waals surface area contributed by atoms with Crippen molar-refractivity contribution in [1.29, 1.82) is 0 Å². The Morgan fingerprint density at radius 3 is 2.53 bits per heavy atom. The van der Waals surface area contributed by atoms with Gasteiger partial charge in [-0.2, -0.15) is 0 Å². The van der Waals surface area contributed by atoms with Crippen molar-refractivity contribution in [2.24, 2.45) is 0 Å². The lowest BCUT2D eigenvalue weighted by atomic mass is 9.93. The highest BCUT2D eigenvalue weighted by atomic mass is 32.2. The lowest BCUT2D eigenvalue weighted by Crippen LogP contribution is -2.44. The summed E-state index contributed by atoms with van der Waals surface area (Å²) in [5, 5.41) is 12.8. The summed E-state index contributed by atoms with van der Waals surface area (Å²) in [7, 11) is -3.09. The first kappa shape index (κ1) is 12.9. The van der Waals surface area contributed by atoms with Crippen LogP contribution in [0.25, 0.3) is 0 Å². The summed E-state index contributed by atoms with van der Waals surface area (Å²) in [6, 6.07) is 0.125.